The fourth-order valence-electron chi connectivity index (χ4n) is 5.11. The number of amides is 1. The van der Waals surface area contributed by atoms with E-state index in [1.54, 1.807) is 49.4 Å². The first-order valence-electron chi connectivity index (χ1n) is 11.3. The number of nitriles is 1. The Hall–Kier alpha value is -4.42. The zero-order chi connectivity index (χ0) is 25.6. The topological polar surface area (TPSA) is 111 Å². The molecule has 1 amide bonds. The average molecular weight is 487 g/mol. The lowest BCUT2D eigenvalue weighted by Gasteiger charge is -2.34. The van der Waals surface area contributed by atoms with Crippen LogP contribution in [0.5, 0.6) is 5.75 Å². The highest BCUT2D eigenvalue weighted by atomic mass is 19.1. The Labute approximate surface area is 206 Å². The Morgan fingerprint density at radius 2 is 1.89 bits per heavy atom. The van der Waals surface area contributed by atoms with E-state index in [1.807, 2.05) is 0 Å². The molecule has 8 nitrogen and oxygen atoms in total. The number of anilines is 1. The SMILES string of the molecule is COCCn1c(C)cc2c(c1=O)[C@]1(C(=O)N(Cc3ccc(F)cc3)c3ccccc31)C(C#N)=C(N)O2. The van der Waals surface area contributed by atoms with Gasteiger partial charge in [-0.3, -0.25) is 9.59 Å². The number of aromatic nitrogens is 1. The van der Waals surface area contributed by atoms with Crippen molar-refractivity contribution in [3.8, 4) is 11.8 Å². The minimum absolute atomic E-state index is 0.0361. The zero-order valence-electron chi connectivity index (χ0n) is 19.7. The molecular weight excluding hydrogens is 463 g/mol. The summed E-state index contributed by atoms with van der Waals surface area (Å²) in [5.74, 6) is -0.993. The summed E-state index contributed by atoms with van der Waals surface area (Å²) in [4.78, 5) is 29.9. The maximum Gasteiger partial charge on any atom is 0.259 e. The van der Waals surface area contributed by atoms with Crippen molar-refractivity contribution in [1.29, 1.82) is 5.26 Å². The van der Waals surface area contributed by atoms with Crippen molar-refractivity contribution in [3.05, 3.63) is 105 Å². The van der Waals surface area contributed by atoms with Gasteiger partial charge >= 0.3 is 0 Å². The molecule has 2 aliphatic rings. The van der Waals surface area contributed by atoms with Crippen LogP contribution in [0.4, 0.5) is 10.1 Å². The molecule has 5 rings (SSSR count). The first kappa shape index (κ1) is 23.3. The summed E-state index contributed by atoms with van der Waals surface area (Å²) in [6.07, 6.45) is 0. The van der Waals surface area contributed by atoms with E-state index in [0.29, 0.717) is 22.5 Å². The number of nitrogens with two attached hydrogens (primary N) is 1. The average Bonchev–Trinajstić information content (AvgIpc) is 3.09. The van der Waals surface area contributed by atoms with E-state index in [2.05, 4.69) is 6.07 Å². The monoisotopic (exact) mass is 486 g/mol. The normalized spacial score (nSPS) is 18.2. The molecule has 182 valence electrons. The first-order chi connectivity index (χ1) is 17.3. The van der Waals surface area contributed by atoms with Gasteiger partial charge in [0.05, 0.1) is 18.7 Å². The molecule has 1 aromatic heterocycles. The maximum atomic E-state index is 14.4. The highest BCUT2D eigenvalue weighted by Gasteiger charge is 2.60. The number of para-hydroxylation sites is 1. The number of halogens is 1. The number of carbonyl (C=O) groups is 1. The highest BCUT2D eigenvalue weighted by molar-refractivity contribution is 6.14. The highest BCUT2D eigenvalue weighted by Crippen LogP contribution is 2.54. The van der Waals surface area contributed by atoms with Gasteiger partial charge in [-0.25, -0.2) is 4.39 Å². The summed E-state index contributed by atoms with van der Waals surface area (Å²) >= 11 is 0. The summed E-state index contributed by atoms with van der Waals surface area (Å²) in [6, 6.07) is 16.5. The zero-order valence-corrected chi connectivity index (χ0v) is 19.7. The Morgan fingerprint density at radius 1 is 1.17 bits per heavy atom. The minimum atomic E-state index is -1.79. The molecule has 1 spiro atoms. The van der Waals surface area contributed by atoms with Crippen molar-refractivity contribution >= 4 is 11.6 Å². The Bertz CT molecular complexity index is 1520. The fourth-order valence-corrected chi connectivity index (χ4v) is 5.11. The van der Waals surface area contributed by atoms with E-state index in [1.165, 1.54) is 28.7 Å². The van der Waals surface area contributed by atoms with Crippen LogP contribution in [0.2, 0.25) is 0 Å². The van der Waals surface area contributed by atoms with Gasteiger partial charge in [0.2, 0.25) is 11.8 Å². The van der Waals surface area contributed by atoms with Crippen molar-refractivity contribution < 1.29 is 18.7 Å². The van der Waals surface area contributed by atoms with E-state index < -0.39 is 22.7 Å². The van der Waals surface area contributed by atoms with Gasteiger partial charge in [0.1, 0.15) is 23.2 Å². The number of fused-ring (bicyclic) bond motifs is 4. The largest absolute Gasteiger partial charge is 0.440 e. The molecule has 0 unspecified atom stereocenters. The molecule has 9 heteroatoms. The third-order valence-corrected chi connectivity index (χ3v) is 6.74. The van der Waals surface area contributed by atoms with Gasteiger partial charge in [0.25, 0.3) is 5.56 Å². The van der Waals surface area contributed by atoms with Crippen molar-refractivity contribution in [2.45, 2.75) is 25.4 Å². The minimum Gasteiger partial charge on any atom is -0.440 e. The lowest BCUT2D eigenvalue weighted by Crippen LogP contribution is -2.50. The maximum absolute atomic E-state index is 14.4. The lowest BCUT2D eigenvalue weighted by molar-refractivity contribution is -0.121. The van der Waals surface area contributed by atoms with Crippen LogP contribution in [-0.2, 0) is 28.0 Å². The van der Waals surface area contributed by atoms with Gasteiger partial charge in [-0.2, -0.15) is 5.26 Å². The molecule has 0 bridgehead atoms. The van der Waals surface area contributed by atoms with Gasteiger partial charge in [-0.15, -0.1) is 0 Å². The van der Waals surface area contributed by atoms with Gasteiger partial charge in [0, 0.05) is 36.7 Å². The third kappa shape index (κ3) is 3.22. The molecule has 0 radical (unpaired) electrons. The second-order valence-corrected chi connectivity index (χ2v) is 8.71. The van der Waals surface area contributed by atoms with Crippen molar-refractivity contribution in [1.82, 2.24) is 4.57 Å². The number of rotatable bonds is 5. The van der Waals surface area contributed by atoms with Crippen LogP contribution in [0.1, 0.15) is 22.4 Å². The predicted molar refractivity (Wildman–Crippen MR) is 130 cm³/mol. The molecule has 0 aliphatic carbocycles. The molecule has 3 aromatic rings. The number of hydrogen-bond donors (Lipinski definition) is 1. The lowest BCUT2D eigenvalue weighted by atomic mass is 9.69. The van der Waals surface area contributed by atoms with Crippen LogP contribution in [0.15, 0.2) is 70.8 Å². The van der Waals surface area contributed by atoms with Gasteiger partial charge in [0.15, 0.2) is 5.41 Å². The van der Waals surface area contributed by atoms with Crippen molar-refractivity contribution in [3.63, 3.8) is 0 Å². The number of carbonyl (C=O) groups excluding carboxylic acids is 1. The van der Waals surface area contributed by atoms with Gasteiger partial charge in [-0.1, -0.05) is 30.3 Å². The quantitative estimate of drug-likeness (QED) is 0.594. The Kier molecular flexibility index (Phi) is 5.61. The summed E-state index contributed by atoms with van der Waals surface area (Å²) < 4.78 is 25.9. The molecule has 0 saturated heterocycles. The molecular formula is C27H23FN4O4. The van der Waals surface area contributed by atoms with E-state index in [0.717, 1.165) is 0 Å². The molecule has 2 N–H and O–H groups in total. The summed E-state index contributed by atoms with van der Waals surface area (Å²) in [6.45, 7) is 2.38. The molecule has 0 saturated carbocycles. The van der Waals surface area contributed by atoms with Crippen LogP contribution >= 0.6 is 0 Å². The second kappa shape index (κ2) is 8.66. The van der Waals surface area contributed by atoms with Crippen molar-refractivity contribution in [2.24, 2.45) is 5.73 Å². The van der Waals surface area contributed by atoms with Gasteiger partial charge < -0.3 is 24.7 Å². The molecule has 2 aromatic carbocycles. The summed E-state index contributed by atoms with van der Waals surface area (Å²) in [5, 5.41) is 10.2. The molecule has 36 heavy (non-hydrogen) atoms. The number of pyridine rings is 1. The summed E-state index contributed by atoms with van der Waals surface area (Å²) in [7, 11) is 1.53. The number of methoxy groups -OCH3 is 1. The number of benzene rings is 2. The fraction of sp³-hybridized carbons (Fsp3) is 0.222. The van der Waals surface area contributed by atoms with Crippen LogP contribution in [0, 0.1) is 24.1 Å². The van der Waals surface area contributed by atoms with E-state index in [4.69, 9.17) is 15.2 Å². The van der Waals surface area contributed by atoms with E-state index in [-0.39, 0.29) is 42.5 Å². The molecule has 0 fully saturated rings. The first-order valence-corrected chi connectivity index (χ1v) is 11.3. The molecule has 3 heterocycles. The predicted octanol–water partition coefficient (Wildman–Crippen LogP) is 2.86. The number of hydrogen-bond acceptors (Lipinski definition) is 6. The molecule has 2 aliphatic heterocycles. The van der Waals surface area contributed by atoms with Gasteiger partial charge in [-0.05, 0) is 30.7 Å². The van der Waals surface area contributed by atoms with Crippen molar-refractivity contribution in [2.75, 3.05) is 18.6 Å². The number of ether oxygens (including phenoxy) is 2. The Balaban J connectivity index is 1.80. The van der Waals surface area contributed by atoms with E-state index >= 15 is 0 Å². The Morgan fingerprint density at radius 3 is 2.58 bits per heavy atom. The number of nitrogens with zero attached hydrogens (tertiary/aromatic N) is 3. The van der Waals surface area contributed by atoms with Crippen LogP contribution in [0.3, 0.4) is 0 Å². The smallest absolute Gasteiger partial charge is 0.259 e. The summed E-state index contributed by atoms with van der Waals surface area (Å²) in [5.41, 5.74) is 6.11. The van der Waals surface area contributed by atoms with Crippen LogP contribution in [-0.4, -0.2) is 24.2 Å². The molecule has 1 atom stereocenters. The third-order valence-electron chi connectivity index (χ3n) is 6.74. The number of aryl methyl sites for hydroxylation is 1. The standard InChI is InChI=1S/C27H23FN4O4/c1-16-13-22-23(25(33)31(16)11-12-35-2)27(20(14-29)24(30)36-22)19-5-3-4-6-21(19)32(26(27)34)15-17-7-9-18(28)10-8-17/h3-10,13H,11-12,15,30H2,1-2H3/t27-/m1/s1. The van der Waals surface area contributed by atoms with Crippen LogP contribution < -0.4 is 20.9 Å². The van der Waals surface area contributed by atoms with E-state index in [9.17, 15) is 19.2 Å². The second-order valence-electron chi connectivity index (χ2n) is 8.71. The van der Waals surface area contributed by atoms with Crippen LogP contribution in [0.25, 0.3) is 0 Å².